The van der Waals surface area contributed by atoms with E-state index in [1.54, 1.807) is 20.1 Å². The fourth-order valence-corrected chi connectivity index (χ4v) is 0.911. The molecule has 0 aromatic carbocycles. The molecule has 0 saturated heterocycles. The maximum Gasteiger partial charge on any atom is 0.330 e. The first-order chi connectivity index (χ1) is 6.68. The third-order valence-corrected chi connectivity index (χ3v) is 1.84. The highest BCUT2D eigenvalue weighted by Crippen LogP contribution is 1.90. The van der Waals surface area contributed by atoms with E-state index < -0.39 is 5.97 Å². The summed E-state index contributed by atoms with van der Waals surface area (Å²) in [6.45, 7) is 3.89. The number of carboxylic acid groups (broad SMARTS) is 1. The van der Waals surface area contributed by atoms with Crippen LogP contribution in [0.1, 0.15) is 19.8 Å². The van der Waals surface area contributed by atoms with Gasteiger partial charge in [-0.2, -0.15) is 0 Å². The largest absolute Gasteiger partial charge is 0.478 e. The maximum absolute atomic E-state index is 10.4. The quantitative estimate of drug-likeness (QED) is 0.455. The van der Waals surface area contributed by atoms with Gasteiger partial charge >= 0.3 is 5.97 Å². The Hall–Kier alpha value is -0.870. The van der Waals surface area contributed by atoms with Crippen LogP contribution in [-0.4, -0.2) is 37.9 Å². The number of aliphatic carboxylic acids is 1. The van der Waals surface area contributed by atoms with Gasteiger partial charge in [0.2, 0.25) is 0 Å². The van der Waals surface area contributed by atoms with Crippen LogP contribution in [0.4, 0.5) is 0 Å². The second-order valence-corrected chi connectivity index (χ2v) is 3.10. The number of carboxylic acids is 1. The first-order valence-electron chi connectivity index (χ1n) is 4.78. The first kappa shape index (κ1) is 13.1. The Morgan fingerprint density at radius 3 is 2.79 bits per heavy atom. The molecule has 0 fully saturated rings. The number of methoxy groups -OCH3 is 1. The SMILES string of the molecule is COCCCCNC/C=C(/C)C(=O)O. The molecule has 0 spiro atoms. The Kier molecular flexibility index (Phi) is 8.17. The summed E-state index contributed by atoms with van der Waals surface area (Å²) in [6.07, 6.45) is 3.76. The molecular weight excluding hydrogens is 182 g/mol. The van der Waals surface area contributed by atoms with E-state index in [1.807, 2.05) is 0 Å². The Labute approximate surface area is 85.0 Å². The van der Waals surface area contributed by atoms with Gasteiger partial charge in [-0.3, -0.25) is 0 Å². The standard InChI is InChI=1S/C10H19NO3/c1-9(10(12)13)5-7-11-6-3-4-8-14-2/h5,11H,3-4,6-8H2,1-2H3,(H,12,13)/b9-5-. The van der Waals surface area contributed by atoms with E-state index >= 15 is 0 Å². The molecule has 0 atom stereocenters. The van der Waals surface area contributed by atoms with Crippen LogP contribution in [-0.2, 0) is 9.53 Å². The van der Waals surface area contributed by atoms with E-state index in [4.69, 9.17) is 9.84 Å². The van der Waals surface area contributed by atoms with Crippen LogP contribution in [0.3, 0.4) is 0 Å². The van der Waals surface area contributed by atoms with Crippen LogP contribution in [0.2, 0.25) is 0 Å². The van der Waals surface area contributed by atoms with Crippen LogP contribution in [0.5, 0.6) is 0 Å². The van der Waals surface area contributed by atoms with Gasteiger partial charge in [-0.1, -0.05) is 6.08 Å². The van der Waals surface area contributed by atoms with E-state index in [0.29, 0.717) is 12.1 Å². The molecule has 0 bridgehead atoms. The third-order valence-electron chi connectivity index (χ3n) is 1.84. The lowest BCUT2D eigenvalue weighted by Crippen LogP contribution is -2.16. The minimum Gasteiger partial charge on any atom is -0.478 e. The van der Waals surface area contributed by atoms with Gasteiger partial charge in [-0.05, 0) is 26.3 Å². The molecule has 4 heteroatoms. The van der Waals surface area contributed by atoms with Crippen molar-refractivity contribution in [3.05, 3.63) is 11.6 Å². The number of carbonyl (C=O) groups is 1. The van der Waals surface area contributed by atoms with Gasteiger partial charge in [0.05, 0.1) is 0 Å². The Morgan fingerprint density at radius 1 is 1.50 bits per heavy atom. The van der Waals surface area contributed by atoms with E-state index in [1.165, 1.54) is 0 Å². The lowest BCUT2D eigenvalue weighted by Gasteiger charge is -2.01. The van der Waals surface area contributed by atoms with Gasteiger partial charge in [0.25, 0.3) is 0 Å². The molecule has 4 nitrogen and oxygen atoms in total. The molecule has 0 rings (SSSR count). The van der Waals surface area contributed by atoms with Gasteiger partial charge < -0.3 is 15.2 Å². The second kappa shape index (κ2) is 8.72. The molecule has 0 aliphatic carbocycles. The predicted octanol–water partition coefficient (Wildman–Crippen LogP) is 1.03. The van der Waals surface area contributed by atoms with Crippen LogP contribution in [0.25, 0.3) is 0 Å². The number of ether oxygens (including phenoxy) is 1. The van der Waals surface area contributed by atoms with E-state index in [0.717, 1.165) is 26.0 Å². The van der Waals surface area contributed by atoms with Gasteiger partial charge in [0, 0.05) is 25.8 Å². The van der Waals surface area contributed by atoms with E-state index in [-0.39, 0.29) is 0 Å². The van der Waals surface area contributed by atoms with Gasteiger partial charge in [-0.15, -0.1) is 0 Å². The summed E-state index contributed by atoms with van der Waals surface area (Å²) >= 11 is 0. The molecule has 0 saturated carbocycles. The Bertz CT molecular complexity index is 190. The number of unbranched alkanes of at least 4 members (excludes halogenated alkanes) is 1. The molecule has 0 aliphatic rings. The van der Waals surface area contributed by atoms with Crippen LogP contribution < -0.4 is 5.32 Å². The molecule has 0 radical (unpaired) electrons. The zero-order valence-corrected chi connectivity index (χ0v) is 8.88. The molecule has 82 valence electrons. The summed E-state index contributed by atoms with van der Waals surface area (Å²) in [4.78, 5) is 10.4. The van der Waals surface area contributed by atoms with Crippen molar-refractivity contribution >= 4 is 5.97 Å². The summed E-state index contributed by atoms with van der Waals surface area (Å²) in [6, 6.07) is 0. The normalized spacial score (nSPS) is 11.7. The van der Waals surface area contributed by atoms with Gasteiger partial charge in [0.15, 0.2) is 0 Å². The molecular formula is C10H19NO3. The minimum absolute atomic E-state index is 0.384. The smallest absolute Gasteiger partial charge is 0.330 e. The van der Waals surface area contributed by atoms with Crippen molar-refractivity contribution in [2.45, 2.75) is 19.8 Å². The first-order valence-corrected chi connectivity index (χ1v) is 4.78. The monoisotopic (exact) mass is 201 g/mol. The van der Waals surface area contributed by atoms with Crippen molar-refractivity contribution in [2.75, 3.05) is 26.8 Å². The number of hydrogen-bond donors (Lipinski definition) is 2. The zero-order valence-electron chi connectivity index (χ0n) is 8.88. The molecule has 0 aromatic rings. The topological polar surface area (TPSA) is 58.6 Å². The molecule has 0 amide bonds. The van der Waals surface area contributed by atoms with Crippen molar-refractivity contribution < 1.29 is 14.6 Å². The summed E-state index contributed by atoms with van der Waals surface area (Å²) in [5, 5.41) is 11.7. The highest BCUT2D eigenvalue weighted by atomic mass is 16.5. The van der Waals surface area contributed by atoms with Crippen LogP contribution in [0.15, 0.2) is 11.6 Å². The van der Waals surface area contributed by atoms with Crippen LogP contribution >= 0.6 is 0 Å². The fraction of sp³-hybridized carbons (Fsp3) is 0.700. The summed E-state index contributed by atoms with van der Waals surface area (Å²) in [7, 11) is 1.69. The third kappa shape index (κ3) is 7.76. The maximum atomic E-state index is 10.4. The van der Waals surface area contributed by atoms with Crippen molar-refractivity contribution in [1.29, 1.82) is 0 Å². The molecule has 0 aromatic heterocycles. The Balaban J connectivity index is 3.29. The van der Waals surface area contributed by atoms with E-state index in [2.05, 4.69) is 5.32 Å². The van der Waals surface area contributed by atoms with Crippen molar-refractivity contribution in [3.8, 4) is 0 Å². The van der Waals surface area contributed by atoms with Crippen molar-refractivity contribution in [1.82, 2.24) is 5.32 Å². The molecule has 2 N–H and O–H groups in total. The summed E-state index contributed by atoms with van der Waals surface area (Å²) < 4.78 is 4.90. The predicted molar refractivity (Wildman–Crippen MR) is 55.4 cm³/mol. The minimum atomic E-state index is -0.855. The number of nitrogens with one attached hydrogen (secondary N) is 1. The summed E-state index contributed by atoms with van der Waals surface area (Å²) in [5.74, 6) is -0.855. The van der Waals surface area contributed by atoms with Gasteiger partial charge in [0.1, 0.15) is 0 Å². The number of hydrogen-bond acceptors (Lipinski definition) is 3. The fourth-order valence-electron chi connectivity index (χ4n) is 0.911. The van der Waals surface area contributed by atoms with Gasteiger partial charge in [-0.25, -0.2) is 4.79 Å². The summed E-state index contributed by atoms with van der Waals surface area (Å²) in [5.41, 5.74) is 0.384. The number of rotatable bonds is 8. The molecule has 0 unspecified atom stereocenters. The Morgan fingerprint density at radius 2 is 2.21 bits per heavy atom. The van der Waals surface area contributed by atoms with Crippen LogP contribution in [0, 0.1) is 0 Å². The second-order valence-electron chi connectivity index (χ2n) is 3.10. The van der Waals surface area contributed by atoms with Crippen molar-refractivity contribution in [3.63, 3.8) is 0 Å². The average Bonchev–Trinajstić information content (AvgIpc) is 2.16. The average molecular weight is 201 g/mol. The highest BCUT2D eigenvalue weighted by molar-refractivity contribution is 5.85. The lowest BCUT2D eigenvalue weighted by molar-refractivity contribution is -0.132. The highest BCUT2D eigenvalue weighted by Gasteiger charge is 1.97. The lowest BCUT2D eigenvalue weighted by atomic mass is 10.3. The zero-order chi connectivity index (χ0) is 10.8. The molecule has 0 aliphatic heterocycles. The molecule has 0 heterocycles. The van der Waals surface area contributed by atoms with Crippen molar-refractivity contribution in [2.24, 2.45) is 0 Å². The van der Waals surface area contributed by atoms with E-state index in [9.17, 15) is 4.79 Å². The molecule has 14 heavy (non-hydrogen) atoms.